The molecule has 0 fully saturated rings. The van der Waals surface area contributed by atoms with E-state index in [0.29, 0.717) is 22.8 Å². The molecule has 4 rings (SSSR count). The number of nitrogens with zero attached hydrogens (tertiary/aromatic N) is 2. The van der Waals surface area contributed by atoms with Crippen LogP contribution in [0.15, 0.2) is 57.9 Å². The number of rotatable bonds is 4. The van der Waals surface area contributed by atoms with Gasteiger partial charge in [-0.1, -0.05) is 17.7 Å². The van der Waals surface area contributed by atoms with E-state index in [2.05, 4.69) is 20.3 Å². The minimum Gasteiger partial charge on any atom is -0.451 e. The molecule has 3 heterocycles. The smallest absolute Gasteiger partial charge is 0.287 e. The van der Waals surface area contributed by atoms with Crippen LogP contribution in [0, 0.1) is 13.8 Å². The third-order valence-corrected chi connectivity index (χ3v) is 4.76. The molecule has 7 nitrogen and oxygen atoms in total. The maximum Gasteiger partial charge on any atom is 0.287 e. The highest BCUT2D eigenvalue weighted by molar-refractivity contribution is 5.99. The molecule has 0 aliphatic carbocycles. The number of pyridine rings is 1. The number of aryl methyl sites for hydroxylation is 2. The van der Waals surface area contributed by atoms with Gasteiger partial charge in [-0.25, -0.2) is 4.98 Å². The lowest BCUT2D eigenvalue weighted by molar-refractivity contribution is 0.0912. The van der Waals surface area contributed by atoms with Crippen LogP contribution in [0.4, 0.5) is 0 Å². The average molecular weight is 388 g/mol. The molecule has 0 saturated heterocycles. The van der Waals surface area contributed by atoms with Crippen LogP contribution in [0.25, 0.3) is 22.5 Å². The van der Waals surface area contributed by atoms with Crippen molar-refractivity contribution in [2.75, 3.05) is 0 Å². The standard InChI is InChI=1S/C22H20N4O3/c1-12-7-8-18-15(10-12)13(2)20(29-18)22(28)24-14(3)17-11-19(27)26-21(25-17)16-6-4-5-9-23-16/h4-11,14H,1-3H3,(H,24,28)(H,25,26,27). The molecule has 0 saturated carbocycles. The predicted molar refractivity (Wildman–Crippen MR) is 110 cm³/mol. The number of hydrogen-bond acceptors (Lipinski definition) is 5. The van der Waals surface area contributed by atoms with Gasteiger partial charge in [-0.3, -0.25) is 14.6 Å². The van der Waals surface area contributed by atoms with Gasteiger partial charge >= 0.3 is 0 Å². The molecule has 1 unspecified atom stereocenters. The van der Waals surface area contributed by atoms with Crippen molar-refractivity contribution in [3.8, 4) is 11.5 Å². The van der Waals surface area contributed by atoms with Gasteiger partial charge in [0, 0.05) is 23.2 Å². The number of carbonyl (C=O) groups is 1. The maximum atomic E-state index is 12.8. The molecule has 1 amide bonds. The number of aromatic nitrogens is 3. The van der Waals surface area contributed by atoms with Gasteiger partial charge in [-0.15, -0.1) is 0 Å². The first-order valence-electron chi connectivity index (χ1n) is 9.25. The van der Waals surface area contributed by atoms with Crippen molar-refractivity contribution in [1.29, 1.82) is 0 Å². The number of fused-ring (bicyclic) bond motifs is 1. The molecule has 0 radical (unpaired) electrons. The third kappa shape index (κ3) is 3.67. The number of amides is 1. The molecule has 1 aromatic carbocycles. The molecule has 0 aliphatic rings. The number of aromatic amines is 1. The lowest BCUT2D eigenvalue weighted by Gasteiger charge is -2.13. The van der Waals surface area contributed by atoms with Crippen molar-refractivity contribution in [3.63, 3.8) is 0 Å². The summed E-state index contributed by atoms with van der Waals surface area (Å²) in [5, 5.41) is 3.78. The highest BCUT2D eigenvalue weighted by Crippen LogP contribution is 2.26. The van der Waals surface area contributed by atoms with Crippen LogP contribution in [0.5, 0.6) is 0 Å². The summed E-state index contributed by atoms with van der Waals surface area (Å²) in [4.78, 5) is 36.3. The Morgan fingerprint density at radius 2 is 2.00 bits per heavy atom. The Bertz CT molecular complexity index is 1260. The molecule has 1 atom stereocenters. The van der Waals surface area contributed by atoms with Crippen molar-refractivity contribution < 1.29 is 9.21 Å². The minimum atomic E-state index is -0.499. The lowest BCUT2D eigenvalue weighted by atomic mass is 10.1. The molecule has 29 heavy (non-hydrogen) atoms. The molecular weight excluding hydrogens is 368 g/mol. The second kappa shape index (κ2) is 7.35. The number of H-pyrrole nitrogens is 1. The van der Waals surface area contributed by atoms with E-state index in [1.807, 2.05) is 38.1 Å². The molecule has 0 spiro atoms. The molecule has 7 heteroatoms. The molecule has 3 aromatic heterocycles. The van der Waals surface area contributed by atoms with Crippen LogP contribution in [0.1, 0.15) is 40.3 Å². The summed E-state index contributed by atoms with van der Waals surface area (Å²) in [6, 6.07) is 12.0. The Kier molecular flexibility index (Phi) is 4.72. The predicted octanol–water partition coefficient (Wildman–Crippen LogP) is 3.69. The summed E-state index contributed by atoms with van der Waals surface area (Å²) >= 11 is 0. The van der Waals surface area contributed by atoms with E-state index in [4.69, 9.17) is 4.42 Å². The van der Waals surface area contributed by atoms with Gasteiger partial charge in [0.25, 0.3) is 11.5 Å². The van der Waals surface area contributed by atoms with Crippen LogP contribution in [-0.4, -0.2) is 20.9 Å². The summed E-state index contributed by atoms with van der Waals surface area (Å²) in [6.45, 7) is 5.62. The second-order valence-electron chi connectivity index (χ2n) is 6.98. The van der Waals surface area contributed by atoms with E-state index in [-0.39, 0.29) is 17.2 Å². The first-order valence-corrected chi connectivity index (χ1v) is 9.25. The molecule has 4 aromatic rings. The summed E-state index contributed by atoms with van der Waals surface area (Å²) in [5.74, 6) is 0.252. The van der Waals surface area contributed by atoms with Gasteiger partial charge < -0.3 is 14.7 Å². The molecule has 2 N–H and O–H groups in total. The Morgan fingerprint density at radius 3 is 2.76 bits per heavy atom. The Morgan fingerprint density at radius 1 is 1.17 bits per heavy atom. The van der Waals surface area contributed by atoms with E-state index in [1.165, 1.54) is 6.07 Å². The van der Waals surface area contributed by atoms with Crippen LogP contribution in [0.3, 0.4) is 0 Å². The molecule has 146 valence electrons. The van der Waals surface area contributed by atoms with Gasteiger partial charge in [0.1, 0.15) is 11.3 Å². The van der Waals surface area contributed by atoms with Crippen molar-refractivity contribution in [1.82, 2.24) is 20.3 Å². The Hall–Kier alpha value is -3.74. The first kappa shape index (κ1) is 18.6. The van der Waals surface area contributed by atoms with Crippen LogP contribution in [0.2, 0.25) is 0 Å². The quantitative estimate of drug-likeness (QED) is 0.555. The largest absolute Gasteiger partial charge is 0.451 e. The SMILES string of the molecule is Cc1ccc2oc(C(=O)NC(C)c3cc(=O)[nH]c(-c4ccccn4)n3)c(C)c2c1. The number of furan rings is 1. The van der Waals surface area contributed by atoms with E-state index in [9.17, 15) is 9.59 Å². The number of benzene rings is 1. The zero-order chi connectivity index (χ0) is 20.5. The van der Waals surface area contributed by atoms with Crippen molar-refractivity contribution >= 4 is 16.9 Å². The fourth-order valence-electron chi connectivity index (χ4n) is 3.21. The van der Waals surface area contributed by atoms with Crippen molar-refractivity contribution in [3.05, 3.63) is 81.6 Å². The number of carbonyl (C=O) groups excluding carboxylic acids is 1. The van der Waals surface area contributed by atoms with Gasteiger partial charge in [0.15, 0.2) is 11.6 Å². The van der Waals surface area contributed by atoms with Crippen LogP contribution in [-0.2, 0) is 0 Å². The fourth-order valence-corrected chi connectivity index (χ4v) is 3.21. The highest BCUT2D eigenvalue weighted by atomic mass is 16.3. The average Bonchev–Trinajstić information content (AvgIpc) is 3.04. The summed E-state index contributed by atoms with van der Waals surface area (Å²) in [7, 11) is 0. The summed E-state index contributed by atoms with van der Waals surface area (Å²) in [5.41, 5.74) is 3.21. The van der Waals surface area contributed by atoms with E-state index < -0.39 is 6.04 Å². The number of hydrogen-bond donors (Lipinski definition) is 2. The highest BCUT2D eigenvalue weighted by Gasteiger charge is 2.21. The van der Waals surface area contributed by atoms with Crippen LogP contribution < -0.4 is 10.9 Å². The van der Waals surface area contributed by atoms with Gasteiger partial charge in [-0.05, 0) is 45.0 Å². The topological polar surface area (TPSA) is 101 Å². The Labute approximate surface area is 166 Å². The number of nitrogens with one attached hydrogen (secondary N) is 2. The van der Waals surface area contributed by atoms with E-state index >= 15 is 0 Å². The molecular formula is C22H20N4O3. The summed E-state index contributed by atoms with van der Waals surface area (Å²) < 4.78 is 5.76. The second-order valence-corrected chi connectivity index (χ2v) is 6.98. The van der Waals surface area contributed by atoms with Gasteiger partial charge in [-0.2, -0.15) is 0 Å². The normalized spacial score (nSPS) is 12.1. The van der Waals surface area contributed by atoms with E-state index in [0.717, 1.165) is 16.5 Å². The fraction of sp³-hybridized carbons (Fsp3) is 0.182. The zero-order valence-electron chi connectivity index (χ0n) is 16.3. The first-order chi connectivity index (χ1) is 13.9. The Balaban J connectivity index is 1.62. The zero-order valence-corrected chi connectivity index (χ0v) is 16.3. The lowest BCUT2D eigenvalue weighted by Crippen LogP contribution is -2.28. The van der Waals surface area contributed by atoms with Crippen molar-refractivity contribution in [2.24, 2.45) is 0 Å². The van der Waals surface area contributed by atoms with Crippen molar-refractivity contribution in [2.45, 2.75) is 26.8 Å². The molecule has 0 bridgehead atoms. The van der Waals surface area contributed by atoms with Gasteiger partial charge in [0.2, 0.25) is 0 Å². The summed E-state index contributed by atoms with van der Waals surface area (Å²) in [6.07, 6.45) is 1.62. The minimum absolute atomic E-state index is 0.257. The van der Waals surface area contributed by atoms with E-state index in [1.54, 1.807) is 25.3 Å². The monoisotopic (exact) mass is 388 g/mol. The third-order valence-electron chi connectivity index (χ3n) is 4.76. The van der Waals surface area contributed by atoms with Crippen LogP contribution >= 0.6 is 0 Å². The van der Waals surface area contributed by atoms with Gasteiger partial charge in [0.05, 0.1) is 11.7 Å². The molecule has 0 aliphatic heterocycles. The maximum absolute atomic E-state index is 12.8.